The topological polar surface area (TPSA) is 3.24 Å². The lowest BCUT2D eigenvalue weighted by Gasteiger charge is -2.59. The van der Waals surface area contributed by atoms with E-state index in [1.807, 2.05) is 11.3 Å². The molecule has 1 aromatic carbocycles. The van der Waals surface area contributed by atoms with Crippen molar-refractivity contribution in [3.63, 3.8) is 0 Å². The third kappa shape index (κ3) is 2.94. The molecule has 0 saturated carbocycles. The molecule has 3 atom stereocenters. The lowest BCUT2D eigenvalue weighted by Crippen LogP contribution is -2.56. The van der Waals surface area contributed by atoms with E-state index < -0.39 is 0 Å². The van der Waals surface area contributed by atoms with Gasteiger partial charge in [0.05, 0.1) is 0 Å². The normalized spacial score (nSPS) is 27.3. The first-order valence-corrected chi connectivity index (χ1v) is 10.8. The highest BCUT2D eigenvalue weighted by atomic mass is 79.9. The van der Waals surface area contributed by atoms with E-state index in [-0.39, 0.29) is 0 Å². The second-order valence-corrected chi connectivity index (χ2v) is 10.3. The van der Waals surface area contributed by atoms with Gasteiger partial charge in [0.2, 0.25) is 0 Å². The smallest absolute Gasteiger partial charge is 0.0363 e. The number of rotatable bonds is 4. The van der Waals surface area contributed by atoms with Crippen LogP contribution in [0.1, 0.15) is 61.6 Å². The molecule has 25 heavy (non-hydrogen) atoms. The van der Waals surface area contributed by atoms with E-state index in [0.29, 0.717) is 23.4 Å². The summed E-state index contributed by atoms with van der Waals surface area (Å²) < 4.78 is 1.29. The monoisotopic (exact) mass is 415 g/mol. The summed E-state index contributed by atoms with van der Waals surface area (Å²) in [4.78, 5) is 4.24. The molecule has 2 aromatic rings. The Morgan fingerprint density at radius 3 is 2.80 bits per heavy atom. The first kappa shape index (κ1) is 17.5. The summed E-state index contributed by atoms with van der Waals surface area (Å²) in [6.45, 7) is 12.4. The van der Waals surface area contributed by atoms with Crippen LogP contribution < -0.4 is 0 Å². The number of halogens is 1. The summed E-state index contributed by atoms with van der Waals surface area (Å²) in [5.74, 6) is 0.541. The number of benzene rings is 1. The fourth-order valence-corrected chi connectivity index (χ4v) is 6.47. The fraction of sp³-hybridized carbons (Fsp3) is 0.455. The standard InChI is InChI=1S/C22H26BrNS/c1-14(2)11-18-21-20-16(8-5-9-17(20)23)19(12-22(21,3)4)24(18)13-15-7-6-10-25-15/h5-10,18-19,21H,1,11-13H2,2-4H3/t18-,19-,21-/m0/s1. The molecule has 2 bridgehead atoms. The molecule has 3 heteroatoms. The van der Waals surface area contributed by atoms with Crippen LogP contribution in [0.25, 0.3) is 0 Å². The van der Waals surface area contributed by atoms with Gasteiger partial charge in [-0.25, -0.2) is 0 Å². The van der Waals surface area contributed by atoms with E-state index in [2.05, 4.69) is 83.9 Å². The van der Waals surface area contributed by atoms with Crippen molar-refractivity contribution in [2.75, 3.05) is 0 Å². The van der Waals surface area contributed by atoms with Crippen LogP contribution in [0.15, 0.2) is 52.3 Å². The van der Waals surface area contributed by atoms with E-state index >= 15 is 0 Å². The lowest BCUT2D eigenvalue weighted by atomic mass is 9.57. The van der Waals surface area contributed by atoms with Gasteiger partial charge in [0, 0.05) is 33.9 Å². The first-order valence-electron chi connectivity index (χ1n) is 9.09. The molecular weight excluding hydrogens is 390 g/mol. The number of thiophene rings is 1. The molecule has 2 aliphatic heterocycles. The van der Waals surface area contributed by atoms with Gasteiger partial charge in [-0.3, -0.25) is 4.90 Å². The van der Waals surface area contributed by atoms with E-state index in [1.54, 1.807) is 5.56 Å². The maximum Gasteiger partial charge on any atom is 0.0363 e. The summed E-state index contributed by atoms with van der Waals surface area (Å²) in [6.07, 6.45) is 2.32. The Hall–Kier alpha value is -0.900. The van der Waals surface area contributed by atoms with Crippen LogP contribution in [0.3, 0.4) is 0 Å². The van der Waals surface area contributed by atoms with Crippen LogP contribution in [-0.4, -0.2) is 10.9 Å². The quantitative estimate of drug-likeness (QED) is 0.489. The third-order valence-corrected chi connectivity index (χ3v) is 7.56. The molecule has 0 unspecified atom stereocenters. The molecule has 0 spiro atoms. The summed E-state index contributed by atoms with van der Waals surface area (Å²) in [7, 11) is 0. The van der Waals surface area contributed by atoms with Crippen LogP contribution in [0.5, 0.6) is 0 Å². The summed E-state index contributed by atoms with van der Waals surface area (Å²) in [5.41, 5.74) is 4.69. The van der Waals surface area contributed by atoms with E-state index in [4.69, 9.17) is 0 Å². The minimum atomic E-state index is 0.313. The second kappa shape index (κ2) is 6.37. The van der Waals surface area contributed by atoms with Crippen molar-refractivity contribution in [3.8, 4) is 0 Å². The predicted molar refractivity (Wildman–Crippen MR) is 111 cm³/mol. The highest BCUT2D eigenvalue weighted by Gasteiger charge is 2.53. The summed E-state index contributed by atoms with van der Waals surface area (Å²) in [6, 6.07) is 12.2. The first-order chi connectivity index (χ1) is 11.9. The Balaban J connectivity index is 1.84. The number of nitrogens with zero attached hydrogens (tertiary/aromatic N) is 1. The zero-order valence-corrected chi connectivity index (χ0v) is 17.7. The molecule has 0 N–H and O–H groups in total. The maximum atomic E-state index is 4.25. The molecule has 0 radical (unpaired) electrons. The fourth-order valence-electron chi connectivity index (χ4n) is 5.13. The molecule has 0 amide bonds. The molecule has 1 saturated heterocycles. The van der Waals surface area contributed by atoms with Crippen LogP contribution >= 0.6 is 27.3 Å². The summed E-state index contributed by atoms with van der Waals surface area (Å²) in [5, 5.41) is 2.19. The van der Waals surface area contributed by atoms with Crippen molar-refractivity contribution < 1.29 is 0 Å². The molecule has 1 fully saturated rings. The van der Waals surface area contributed by atoms with Gasteiger partial charge in [0.15, 0.2) is 0 Å². The number of piperidine rings is 1. The Morgan fingerprint density at radius 2 is 2.12 bits per heavy atom. The summed E-state index contributed by atoms with van der Waals surface area (Å²) >= 11 is 5.75. The molecule has 132 valence electrons. The zero-order chi connectivity index (χ0) is 17.8. The number of hydrogen-bond acceptors (Lipinski definition) is 2. The number of fused-ring (bicyclic) bond motifs is 2. The average Bonchev–Trinajstić information content (AvgIpc) is 3.02. The average molecular weight is 416 g/mol. The van der Waals surface area contributed by atoms with Crippen molar-refractivity contribution in [3.05, 3.63) is 68.3 Å². The minimum absolute atomic E-state index is 0.313. The molecule has 1 aliphatic carbocycles. The molecule has 3 aliphatic rings. The van der Waals surface area contributed by atoms with Crippen LogP contribution in [0.4, 0.5) is 0 Å². The second-order valence-electron chi connectivity index (χ2n) is 8.41. The lowest BCUT2D eigenvalue weighted by molar-refractivity contribution is -0.0311. The number of hydrogen-bond donors (Lipinski definition) is 0. The highest BCUT2D eigenvalue weighted by Crippen LogP contribution is 2.61. The van der Waals surface area contributed by atoms with Gasteiger partial charge in [-0.2, -0.15) is 0 Å². The van der Waals surface area contributed by atoms with E-state index in [0.717, 1.165) is 13.0 Å². The van der Waals surface area contributed by atoms with Gasteiger partial charge in [-0.15, -0.1) is 17.9 Å². The van der Waals surface area contributed by atoms with E-state index in [9.17, 15) is 0 Å². The SMILES string of the molecule is C=C(C)C[C@H]1[C@H]2c3c(Br)cccc3[C@H](CC2(C)C)N1Cc1cccs1. The minimum Gasteiger partial charge on any atom is -0.287 e. The van der Waals surface area contributed by atoms with Crippen molar-refractivity contribution in [1.82, 2.24) is 4.90 Å². The Bertz CT molecular complexity index is 792. The predicted octanol–water partition coefficient (Wildman–Crippen LogP) is 6.92. The molecule has 1 aromatic heterocycles. The van der Waals surface area contributed by atoms with Gasteiger partial charge in [-0.1, -0.05) is 53.5 Å². The van der Waals surface area contributed by atoms with Crippen molar-refractivity contribution >= 4 is 27.3 Å². The maximum absolute atomic E-state index is 4.25. The Kier molecular flexibility index (Phi) is 4.46. The van der Waals surface area contributed by atoms with Crippen LogP contribution in [-0.2, 0) is 6.54 Å². The third-order valence-electron chi connectivity index (χ3n) is 6.01. The van der Waals surface area contributed by atoms with Gasteiger partial charge in [-0.05, 0) is 53.8 Å². The molecule has 3 heterocycles. The van der Waals surface area contributed by atoms with Crippen LogP contribution in [0.2, 0.25) is 0 Å². The largest absolute Gasteiger partial charge is 0.287 e. The van der Waals surface area contributed by atoms with Crippen molar-refractivity contribution in [1.29, 1.82) is 0 Å². The van der Waals surface area contributed by atoms with Crippen LogP contribution in [0, 0.1) is 5.41 Å². The Morgan fingerprint density at radius 1 is 1.32 bits per heavy atom. The van der Waals surface area contributed by atoms with Crippen molar-refractivity contribution in [2.45, 2.75) is 58.2 Å². The highest BCUT2D eigenvalue weighted by molar-refractivity contribution is 9.10. The Labute approximate surface area is 163 Å². The molecular formula is C22H26BrNS. The zero-order valence-electron chi connectivity index (χ0n) is 15.3. The van der Waals surface area contributed by atoms with E-state index in [1.165, 1.54) is 26.9 Å². The van der Waals surface area contributed by atoms with Gasteiger partial charge in [0.1, 0.15) is 0 Å². The van der Waals surface area contributed by atoms with Gasteiger partial charge >= 0.3 is 0 Å². The molecule has 1 nitrogen and oxygen atoms in total. The van der Waals surface area contributed by atoms with Gasteiger partial charge < -0.3 is 0 Å². The van der Waals surface area contributed by atoms with Gasteiger partial charge in [0.25, 0.3) is 0 Å². The molecule has 5 rings (SSSR count). The van der Waals surface area contributed by atoms with Crippen molar-refractivity contribution in [2.24, 2.45) is 5.41 Å².